The molecule has 0 aromatic heterocycles. The van der Waals surface area contributed by atoms with Crippen molar-refractivity contribution >= 4 is 0 Å². The Morgan fingerprint density at radius 3 is 1.89 bits per heavy atom. The third-order valence-electron chi connectivity index (χ3n) is 1.79. The van der Waals surface area contributed by atoms with E-state index in [1.165, 1.54) is 0 Å². The van der Waals surface area contributed by atoms with Crippen molar-refractivity contribution in [1.82, 2.24) is 0 Å². The van der Waals surface area contributed by atoms with E-state index in [0.29, 0.717) is 0 Å². The second-order valence-corrected chi connectivity index (χ2v) is 3.39. The molecule has 0 aromatic carbocycles. The molecular formula is C8H10F8O3. The largest absolute Gasteiger partial charge is 0.415 e. The zero-order valence-electron chi connectivity index (χ0n) is 9.45. The Morgan fingerprint density at radius 2 is 1.47 bits per heavy atom. The van der Waals surface area contributed by atoms with E-state index in [1.54, 1.807) is 0 Å². The Morgan fingerprint density at radius 1 is 0.947 bits per heavy atom. The van der Waals surface area contributed by atoms with Gasteiger partial charge in [-0.3, -0.25) is 0 Å². The number of halogens is 8. The molecule has 0 amide bonds. The fraction of sp³-hybridized carbons (Fsp3) is 1.00. The van der Waals surface area contributed by atoms with Crippen LogP contribution in [-0.2, 0) is 14.4 Å². The first-order chi connectivity index (χ1) is 8.46. The zero-order chi connectivity index (χ0) is 15.3. The van der Waals surface area contributed by atoms with Gasteiger partial charge in [-0.05, 0) is 4.53 Å². The molecule has 0 saturated carbocycles. The molecule has 0 aliphatic heterocycles. The summed E-state index contributed by atoms with van der Waals surface area (Å²) < 4.78 is 105. The highest BCUT2D eigenvalue weighted by Gasteiger charge is 2.48. The smallest absolute Gasteiger partial charge is 0.312 e. The Bertz CT molecular complexity index is 273. The second-order valence-electron chi connectivity index (χ2n) is 3.39. The van der Waals surface area contributed by atoms with Crippen LogP contribution in [0.15, 0.2) is 0 Å². The van der Waals surface area contributed by atoms with Crippen molar-refractivity contribution in [3.8, 4) is 0 Å². The molecule has 1 atom stereocenters. The third kappa shape index (κ3) is 6.87. The average molecular weight is 306 g/mol. The topological polar surface area (TPSA) is 27.7 Å². The van der Waals surface area contributed by atoms with E-state index in [0.717, 1.165) is 6.92 Å². The predicted molar refractivity (Wildman–Crippen MR) is 44.1 cm³/mol. The van der Waals surface area contributed by atoms with Crippen molar-refractivity contribution in [2.24, 2.45) is 0 Å². The number of rotatable bonds is 9. The molecule has 0 spiro atoms. The number of alkyl halides is 7. The van der Waals surface area contributed by atoms with Gasteiger partial charge in [0.15, 0.2) is 0 Å². The van der Waals surface area contributed by atoms with Gasteiger partial charge in [-0.2, -0.15) is 17.6 Å². The molecule has 0 rings (SSSR count). The summed E-state index contributed by atoms with van der Waals surface area (Å²) in [7, 11) is 0. The lowest BCUT2D eigenvalue weighted by atomic mass is 10.3. The summed E-state index contributed by atoms with van der Waals surface area (Å²) in [6, 6.07) is 0. The molecule has 116 valence electrons. The monoisotopic (exact) mass is 306 g/mol. The zero-order valence-corrected chi connectivity index (χ0v) is 9.45. The maximum atomic E-state index is 12.7. The lowest BCUT2D eigenvalue weighted by molar-refractivity contribution is -0.400. The number of hydrogen-bond donors (Lipinski definition) is 0. The Kier molecular flexibility index (Phi) is 6.42. The van der Waals surface area contributed by atoms with E-state index in [-0.39, 0.29) is 0 Å². The van der Waals surface area contributed by atoms with Crippen molar-refractivity contribution in [3.63, 3.8) is 0 Å². The van der Waals surface area contributed by atoms with Gasteiger partial charge in [-0.1, -0.05) is 6.92 Å². The third-order valence-corrected chi connectivity index (χ3v) is 1.79. The van der Waals surface area contributed by atoms with E-state index < -0.39 is 44.1 Å². The molecular weight excluding hydrogens is 296 g/mol. The Labute approximate surface area is 102 Å². The van der Waals surface area contributed by atoms with Crippen LogP contribution in [0.2, 0.25) is 0 Å². The van der Waals surface area contributed by atoms with Gasteiger partial charge in [0.2, 0.25) is 0 Å². The Hall–Kier alpha value is -0.680. The van der Waals surface area contributed by atoms with Crippen LogP contribution in [0.5, 0.6) is 0 Å². The summed E-state index contributed by atoms with van der Waals surface area (Å²) in [4.78, 5) is 2.06. The standard InChI is InChI=1S/C8H10F8O3/c1-2-6(10,11)3-17-7(12,13)4-18-8(14,15)5(9)19-16/h5H,2-4H2,1H3. The summed E-state index contributed by atoms with van der Waals surface area (Å²) >= 11 is 0. The van der Waals surface area contributed by atoms with Crippen LogP contribution in [0.3, 0.4) is 0 Å². The first kappa shape index (κ1) is 18.3. The van der Waals surface area contributed by atoms with Crippen LogP contribution in [0.1, 0.15) is 13.3 Å². The second kappa shape index (κ2) is 6.66. The number of hydrogen-bond acceptors (Lipinski definition) is 3. The average Bonchev–Trinajstić information content (AvgIpc) is 2.33. The molecule has 0 N–H and O–H groups in total. The minimum atomic E-state index is -5.02. The van der Waals surface area contributed by atoms with Crippen LogP contribution in [-0.4, -0.2) is 37.7 Å². The Balaban J connectivity index is 4.31. The predicted octanol–water partition coefficient (Wildman–Crippen LogP) is 3.45. The van der Waals surface area contributed by atoms with Crippen LogP contribution in [0.25, 0.3) is 0 Å². The van der Waals surface area contributed by atoms with Gasteiger partial charge in [0.25, 0.3) is 5.92 Å². The van der Waals surface area contributed by atoms with Gasteiger partial charge in [-0.25, -0.2) is 13.2 Å². The highest BCUT2D eigenvalue weighted by Crippen LogP contribution is 2.29. The maximum absolute atomic E-state index is 12.7. The van der Waals surface area contributed by atoms with E-state index >= 15 is 0 Å². The molecule has 0 radical (unpaired) electrons. The summed E-state index contributed by atoms with van der Waals surface area (Å²) in [5, 5.41) is 0. The van der Waals surface area contributed by atoms with Crippen LogP contribution < -0.4 is 0 Å². The molecule has 0 aromatic rings. The van der Waals surface area contributed by atoms with Crippen molar-refractivity contribution in [3.05, 3.63) is 0 Å². The fourth-order valence-corrected chi connectivity index (χ4v) is 0.653. The quantitative estimate of drug-likeness (QED) is 0.611. The molecule has 19 heavy (non-hydrogen) atoms. The molecule has 1 unspecified atom stereocenters. The summed E-state index contributed by atoms with van der Waals surface area (Å²) in [5.41, 5.74) is 0. The minimum Gasteiger partial charge on any atom is -0.312 e. The van der Waals surface area contributed by atoms with Crippen molar-refractivity contribution in [1.29, 1.82) is 0 Å². The first-order valence-electron chi connectivity index (χ1n) is 4.78. The molecule has 0 aliphatic carbocycles. The lowest BCUT2D eigenvalue weighted by Gasteiger charge is -2.23. The fourth-order valence-electron chi connectivity index (χ4n) is 0.653. The van der Waals surface area contributed by atoms with E-state index in [4.69, 9.17) is 0 Å². The highest BCUT2D eigenvalue weighted by atomic mass is 19.3. The maximum Gasteiger partial charge on any atom is 0.415 e. The van der Waals surface area contributed by atoms with E-state index in [2.05, 4.69) is 14.4 Å². The summed E-state index contributed by atoms with van der Waals surface area (Å²) in [5.74, 6) is -3.59. The normalized spacial score (nSPS) is 15.6. The van der Waals surface area contributed by atoms with Gasteiger partial charge < -0.3 is 9.47 Å². The lowest BCUT2D eigenvalue weighted by Crippen LogP contribution is -2.40. The van der Waals surface area contributed by atoms with E-state index in [1.807, 2.05) is 0 Å². The minimum absolute atomic E-state index is 0.817. The molecule has 11 heteroatoms. The van der Waals surface area contributed by atoms with Gasteiger partial charge in [-0.15, -0.1) is 4.94 Å². The van der Waals surface area contributed by atoms with E-state index in [9.17, 15) is 35.3 Å². The van der Waals surface area contributed by atoms with Gasteiger partial charge in [0.1, 0.15) is 13.2 Å². The molecule has 0 aliphatic rings. The highest BCUT2D eigenvalue weighted by molar-refractivity contribution is 4.65. The molecule has 0 heterocycles. The number of ether oxygens (including phenoxy) is 2. The van der Waals surface area contributed by atoms with Crippen molar-refractivity contribution < 1.29 is 49.7 Å². The van der Waals surface area contributed by atoms with Crippen LogP contribution >= 0.6 is 0 Å². The molecule has 0 saturated heterocycles. The van der Waals surface area contributed by atoms with Crippen molar-refractivity contribution in [2.45, 2.75) is 37.8 Å². The van der Waals surface area contributed by atoms with Crippen molar-refractivity contribution in [2.75, 3.05) is 13.2 Å². The van der Waals surface area contributed by atoms with Gasteiger partial charge >= 0.3 is 18.6 Å². The van der Waals surface area contributed by atoms with Gasteiger partial charge in [0.05, 0.1) is 0 Å². The molecule has 0 bridgehead atoms. The SMILES string of the molecule is CCC(F)(F)COC(F)(F)COC(F)(F)C(F)OF. The molecule has 0 fully saturated rings. The summed E-state index contributed by atoms with van der Waals surface area (Å²) in [6.07, 6.45) is -14.3. The summed E-state index contributed by atoms with van der Waals surface area (Å²) in [6.45, 7) is -3.02. The first-order valence-corrected chi connectivity index (χ1v) is 4.78. The molecule has 3 nitrogen and oxygen atoms in total. The van der Waals surface area contributed by atoms with Gasteiger partial charge in [0, 0.05) is 6.42 Å². The van der Waals surface area contributed by atoms with Crippen LogP contribution in [0.4, 0.5) is 35.3 Å². The van der Waals surface area contributed by atoms with Crippen LogP contribution in [0, 0.1) is 0 Å².